The van der Waals surface area contributed by atoms with Crippen molar-refractivity contribution in [1.29, 1.82) is 0 Å². The number of anilines is 2. The van der Waals surface area contributed by atoms with Gasteiger partial charge in [-0.05, 0) is 41.6 Å². The van der Waals surface area contributed by atoms with Crippen LogP contribution in [0.1, 0.15) is 39.4 Å². The van der Waals surface area contributed by atoms with Crippen LogP contribution in [0.25, 0.3) is 22.1 Å². The van der Waals surface area contributed by atoms with Gasteiger partial charge in [0.1, 0.15) is 12.4 Å². The van der Waals surface area contributed by atoms with E-state index in [0.29, 0.717) is 39.1 Å². The molecule has 0 saturated carbocycles. The van der Waals surface area contributed by atoms with Crippen molar-refractivity contribution < 1.29 is 14.1 Å². The van der Waals surface area contributed by atoms with Gasteiger partial charge in [0.2, 0.25) is 0 Å². The highest BCUT2D eigenvalue weighted by molar-refractivity contribution is 6.09. The van der Waals surface area contributed by atoms with Gasteiger partial charge in [-0.1, -0.05) is 30.3 Å². The second-order valence-corrected chi connectivity index (χ2v) is 9.58. The molecule has 1 atom stereocenters. The Kier molecular flexibility index (Phi) is 6.27. The molecule has 5 N–H and O–H groups in total. The number of pyridine rings is 1. The van der Waals surface area contributed by atoms with Crippen molar-refractivity contribution >= 4 is 39.7 Å². The Morgan fingerprint density at radius 2 is 1.88 bits per heavy atom. The van der Waals surface area contributed by atoms with E-state index in [9.17, 15) is 14.4 Å². The summed E-state index contributed by atoms with van der Waals surface area (Å²) in [6, 6.07) is 17.3. The zero-order valence-electron chi connectivity index (χ0n) is 22.2. The van der Waals surface area contributed by atoms with Gasteiger partial charge in [-0.15, -0.1) is 4.52 Å². The summed E-state index contributed by atoms with van der Waals surface area (Å²) < 4.78 is 4.63. The van der Waals surface area contributed by atoms with E-state index in [1.807, 2.05) is 24.3 Å². The number of nitrogens with zero attached hydrogens (tertiary/aromatic N) is 5. The van der Waals surface area contributed by atoms with E-state index in [2.05, 4.69) is 25.8 Å². The molecule has 12 nitrogen and oxygen atoms in total. The SMILES string of the molecule is CC(NC(=O)c1c(N)[nH][n+]2cccnc12)c1cc2cccc(NC(=O)c3cnn(C)c3)c2c(=O)n1-c1ccccc1. The molecule has 0 spiro atoms. The van der Waals surface area contributed by atoms with E-state index >= 15 is 0 Å². The fraction of sp³-hybridized carbons (Fsp3) is 0.103. The molecule has 2 aromatic carbocycles. The van der Waals surface area contributed by atoms with Crippen molar-refractivity contribution in [3.8, 4) is 5.69 Å². The maximum absolute atomic E-state index is 14.2. The van der Waals surface area contributed by atoms with Crippen molar-refractivity contribution in [3.05, 3.63) is 113 Å². The molecule has 4 heterocycles. The minimum atomic E-state index is -0.619. The standard InChI is InChI=1S/C29H25N9O3/c1-17(33-28(40)24-25(30)35-37-13-7-12-31-26(24)37)22-14-18-8-6-11-21(34-27(39)19-15-32-36(2)16-19)23(18)29(41)38(22)20-9-4-3-5-10-20/h3-17H,1-2H3,(H4,30,33,34,35,39,40,41)/p+1. The highest BCUT2D eigenvalue weighted by Crippen LogP contribution is 2.26. The second kappa shape index (κ2) is 10.1. The first-order valence-electron chi connectivity index (χ1n) is 12.8. The van der Waals surface area contributed by atoms with E-state index < -0.39 is 11.9 Å². The lowest BCUT2D eigenvalue weighted by Crippen LogP contribution is -2.33. The van der Waals surface area contributed by atoms with E-state index in [1.54, 1.807) is 78.0 Å². The summed E-state index contributed by atoms with van der Waals surface area (Å²) in [5, 5.41) is 13.7. The molecule has 6 rings (SSSR count). The van der Waals surface area contributed by atoms with Crippen molar-refractivity contribution in [1.82, 2.24) is 29.7 Å². The normalized spacial score (nSPS) is 12.0. The number of aromatic nitrogens is 6. The summed E-state index contributed by atoms with van der Waals surface area (Å²) in [4.78, 5) is 44.8. The number of aromatic amines is 1. The first kappa shape index (κ1) is 25.5. The number of nitrogen functional groups attached to an aromatic ring is 1. The summed E-state index contributed by atoms with van der Waals surface area (Å²) in [7, 11) is 1.72. The average molecular weight is 549 g/mol. The van der Waals surface area contributed by atoms with Gasteiger partial charge in [0.05, 0.1) is 28.9 Å². The number of carbonyl (C=O) groups excluding carboxylic acids is 2. The number of amides is 2. The zero-order chi connectivity index (χ0) is 28.7. The van der Waals surface area contributed by atoms with Gasteiger partial charge in [0.25, 0.3) is 17.4 Å². The Labute approximate surface area is 233 Å². The number of para-hydroxylation sites is 1. The predicted octanol–water partition coefficient (Wildman–Crippen LogP) is 2.51. The fourth-order valence-corrected chi connectivity index (χ4v) is 4.90. The molecule has 0 aliphatic rings. The summed E-state index contributed by atoms with van der Waals surface area (Å²) in [6.07, 6.45) is 6.34. The lowest BCUT2D eigenvalue weighted by Gasteiger charge is -2.21. The maximum Gasteiger partial charge on any atom is 0.362 e. The molecular formula is C29H26N9O3+. The van der Waals surface area contributed by atoms with Gasteiger partial charge < -0.3 is 16.4 Å². The lowest BCUT2D eigenvalue weighted by molar-refractivity contribution is -0.577. The van der Waals surface area contributed by atoms with Crippen LogP contribution in [0.3, 0.4) is 0 Å². The number of carbonyl (C=O) groups is 2. The number of nitrogens with two attached hydrogens (primary N) is 1. The average Bonchev–Trinajstić information content (AvgIpc) is 3.55. The second-order valence-electron chi connectivity index (χ2n) is 9.58. The molecule has 0 bridgehead atoms. The third-order valence-electron chi connectivity index (χ3n) is 6.80. The Balaban J connectivity index is 1.45. The topological polar surface area (TPSA) is 157 Å². The summed E-state index contributed by atoms with van der Waals surface area (Å²) in [5.74, 6) is -0.665. The van der Waals surface area contributed by atoms with Gasteiger partial charge in [-0.2, -0.15) is 5.10 Å². The Hall–Kier alpha value is -5.78. The number of benzene rings is 2. The molecule has 0 aliphatic carbocycles. The van der Waals surface area contributed by atoms with Crippen LogP contribution in [0, 0.1) is 0 Å². The number of aryl methyl sites for hydroxylation is 1. The quantitative estimate of drug-likeness (QED) is 0.234. The number of fused-ring (bicyclic) bond motifs is 2. The minimum Gasteiger partial charge on any atom is -0.382 e. The van der Waals surface area contributed by atoms with Crippen LogP contribution in [0.2, 0.25) is 0 Å². The van der Waals surface area contributed by atoms with Crippen LogP contribution in [-0.2, 0) is 7.05 Å². The van der Waals surface area contributed by atoms with Crippen LogP contribution in [0.5, 0.6) is 0 Å². The summed E-state index contributed by atoms with van der Waals surface area (Å²) in [5.41, 5.74) is 8.22. The van der Waals surface area contributed by atoms with E-state index in [4.69, 9.17) is 5.73 Å². The van der Waals surface area contributed by atoms with Crippen molar-refractivity contribution in [2.75, 3.05) is 11.1 Å². The number of hydrogen-bond acceptors (Lipinski definition) is 6. The van der Waals surface area contributed by atoms with Crippen molar-refractivity contribution in [2.45, 2.75) is 13.0 Å². The molecule has 4 aromatic heterocycles. The first-order valence-corrected chi connectivity index (χ1v) is 12.8. The molecule has 0 saturated heterocycles. The molecular weight excluding hydrogens is 522 g/mol. The highest BCUT2D eigenvalue weighted by Gasteiger charge is 2.27. The van der Waals surface area contributed by atoms with Crippen LogP contribution in [-0.4, -0.2) is 36.2 Å². The van der Waals surface area contributed by atoms with Gasteiger partial charge in [0, 0.05) is 30.7 Å². The van der Waals surface area contributed by atoms with E-state index in [-0.39, 0.29) is 22.8 Å². The van der Waals surface area contributed by atoms with E-state index in [1.165, 1.54) is 10.9 Å². The van der Waals surface area contributed by atoms with Gasteiger partial charge in [-0.25, -0.2) is 5.10 Å². The molecule has 204 valence electrons. The van der Waals surface area contributed by atoms with Crippen molar-refractivity contribution in [2.24, 2.45) is 7.05 Å². The monoisotopic (exact) mass is 548 g/mol. The first-order chi connectivity index (χ1) is 19.8. The van der Waals surface area contributed by atoms with Gasteiger partial charge >= 0.3 is 5.65 Å². The molecule has 0 fully saturated rings. The zero-order valence-corrected chi connectivity index (χ0v) is 22.2. The van der Waals surface area contributed by atoms with Crippen LogP contribution >= 0.6 is 0 Å². The number of nitrogens with one attached hydrogen (secondary N) is 3. The van der Waals surface area contributed by atoms with Crippen LogP contribution in [0.4, 0.5) is 11.5 Å². The molecule has 0 radical (unpaired) electrons. The summed E-state index contributed by atoms with van der Waals surface area (Å²) >= 11 is 0. The lowest BCUT2D eigenvalue weighted by atomic mass is 10.1. The Bertz CT molecular complexity index is 2010. The third-order valence-corrected chi connectivity index (χ3v) is 6.80. The molecule has 0 aliphatic heterocycles. The largest absolute Gasteiger partial charge is 0.382 e. The Morgan fingerprint density at radius 1 is 1.07 bits per heavy atom. The molecule has 2 amide bonds. The number of rotatable bonds is 6. The van der Waals surface area contributed by atoms with Crippen LogP contribution < -0.4 is 26.4 Å². The molecule has 41 heavy (non-hydrogen) atoms. The molecule has 12 heteroatoms. The Morgan fingerprint density at radius 3 is 2.63 bits per heavy atom. The smallest absolute Gasteiger partial charge is 0.362 e. The minimum absolute atomic E-state index is 0.168. The number of H-pyrrole nitrogens is 1. The van der Waals surface area contributed by atoms with Gasteiger partial charge in [-0.3, -0.25) is 23.6 Å². The predicted molar refractivity (Wildman–Crippen MR) is 153 cm³/mol. The van der Waals surface area contributed by atoms with Gasteiger partial charge in [0.15, 0.2) is 11.4 Å². The third kappa shape index (κ3) is 4.56. The van der Waals surface area contributed by atoms with E-state index in [0.717, 1.165) is 0 Å². The molecule has 1 unspecified atom stereocenters. The number of hydrogen-bond donors (Lipinski definition) is 4. The maximum atomic E-state index is 14.2. The fourth-order valence-electron chi connectivity index (χ4n) is 4.90. The van der Waals surface area contributed by atoms with Crippen LogP contribution in [0.15, 0.2) is 90.2 Å². The summed E-state index contributed by atoms with van der Waals surface area (Å²) in [6.45, 7) is 1.79. The van der Waals surface area contributed by atoms with Crippen molar-refractivity contribution in [3.63, 3.8) is 0 Å². The molecule has 6 aromatic rings. The highest BCUT2D eigenvalue weighted by atomic mass is 16.2.